The Labute approximate surface area is 251 Å². The van der Waals surface area contributed by atoms with Crippen LogP contribution in [0.25, 0.3) is 0 Å². The van der Waals surface area contributed by atoms with Crippen molar-refractivity contribution in [3.05, 3.63) is 41.0 Å². The topological polar surface area (TPSA) is 189 Å². The highest BCUT2D eigenvalue weighted by atomic mass is 17.2. The Balaban J connectivity index is 1.18. The van der Waals surface area contributed by atoms with Crippen LogP contribution in [0, 0.1) is 5.92 Å². The highest BCUT2D eigenvalue weighted by molar-refractivity contribution is 5.90. The van der Waals surface area contributed by atoms with Gasteiger partial charge in [-0.3, -0.25) is 9.59 Å². The van der Waals surface area contributed by atoms with Crippen LogP contribution >= 0.6 is 0 Å². The number of carboxylic acid groups (broad SMARTS) is 1. The molecule has 1 saturated heterocycles. The molecular formula is C30H34O14. The number of hydrogen-bond donors (Lipinski definition) is 4. The minimum Gasteiger partial charge on any atom is -0.492 e. The first kappa shape index (κ1) is 30.2. The van der Waals surface area contributed by atoms with Gasteiger partial charge in [0.2, 0.25) is 6.79 Å². The van der Waals surface area contributed by atoms with Gasteiger partial charge < -0.3 is 53.7 Å². The summed E-state index contributed by atoms with van der Waals surface area (Å²) < 4.78 is 33.8. The predicted octanol–water partition coefficient (Wildman–Crippen LogP) is 1.75. The van der Waals surface area contributed by atoms with Gasteiger partial charge in [0.15, 0.2) is 29.6 Å². The zero-order valence-electron chi connectivity index (χ0n) is 24.0. The van der Waals surface area contributed by atoms with Crippen molar-refractivity contribution in [2.24, 2.45) is 5.92 Å². The summed E-state index contributed by atoms with van der Waals surface area (Å²) in [5, 5.41) is 40.4. The molecule has 0 radical (unpaired) electrons. The number of ether oxygens (including phenoxy) is 6. The summed E-state index contributed by atoms with van der Waals surface area (Å²) in [6, 6.07) is 7.19. The molecule has 0 aliphatic carbocycles. The number of benzene rings is 2. The Morgan fingerprint density at radius 1 is 0.977 bits per heavy atom. The maximum atomic E-state index is 11.5. The van der Waals surface area contributed by atoms with E-state index in [4.69, 9.17) is 43.3 Å². The van der Waals surface area contributed by atoms with Gasteiger partial charge in [0.05, 0.1) is 12.5 Å². The normalized spacial score (nSPS) is 27.9. The molecule has 7 atom stereocenters. The van der Waals surface area contributed by atoms with Gasteiger partial charge in [0, 0.05) is 17.2 Å². The average molecular weight is 619 g/mol. The summed E-state index contributed by atoms with van der Waals surface area (Å²) in [5.74, 6) is 0.730. The van der Waals surface area contributed by atoms with E-state index in [0.29, 0.717) is 41.9 Å². The second kappa shape index (κ2) is 12.3. The molecule has 0 unspecified atom stereocenters. The van der Waals surface area contributed by atoms with Crippen LogP contribution in [0.5, 0.6) is 28.7 Å². The molecule has 44 heavy (non-hydrogen) atoms. The number of rotatable bonds is 10. The van der Waals surface area contributed by atoms with Crippen LogP contribution in [-0.4, -0.2) is 83.1 Å². The fourth-order valence-electron chi connectivity index (χ4n) is 5.71. The molecule has 14 nitrogen and oxygen atoms in total. The van der Waals surface area contributed by atoms with Crippen molar-refractivity contribution in [3.8, 4) is 28.7 Å². The van der Waals surface area contributed by atoms with Crippen molar-refractivity contribution in [1.29, 1.82) is 0 Å². The molecule has 1 fully saturated rings. The van der Waals surface area contributed by atoms with Crippen LogP contribution in [0.2, 0.25) is 0 Å². The summed E-state index contributed by atoms with van der Waals surface area (Å²) >= 11 is 0. The SMILES string of the molecule is CC(C)CCc1cc(OO[C@@H]2[C@@H](O)[C@H](O)[C@@H](COC(=O)CC(=O)O)O[C@H]2O)cc2c1OC[C@@H]1c3cc4c(cc3O[C@H]21)OCO4. The lowest BCUT2D eigenvalue weighted by Crippen LogP contribution is -2.59. The van der Waals surface area contributed by atoms with Gasteiger partial charge >= 0.3 is 11.9 Å². The Morgan fingerprint density at radius 3 is 2.50 bits per heavy atom. The van der Waals surface area contributed by atoms with Crippen molar-refractivity contribution >= 4 is 11.9 Å². The number of aryl methyl sites for hydroxylation is 1. The van der Waals surface area contributed by atoms with Crippen LogP contribution in [0.1, 0.15) is 55.4 Å². The molecule has 0 aromatic heterocycles. The first-order valence-corrected chi connectivity index (χ1v) is 14.4. The van der Waals surface area contributed by atoms with Crippen LogP contribution in [0.15, 0.2) is 24.3 Å². The molecule has 2 aromatic carbocycles. The molecule has 238 valence electrons. The number of aliphatic carboxylic acids is 1. The predicted molar refractivity (Wildman–Crippen MR) is 145 cm³/mol. The molecule has 4 aliphatic heterocycles. The number of hydrogen-bond acceptors (Lipinski definition) is 13. The van der Waals surface area contributed by atoms with E-state index in [9.17, 15) is 24.9 Å². The lowest BCUT2D eigenvalue weighted by molar-refractivity contribution is -0.365. The van der Waals surface area contributed by atoms with E-state index >= 15 is 0 Å². The van der Waals surface area contributed by atoms with Gasteiger partial charge in [-0.05, 0) is 42.5 Å². The number of fused-ring (bicyclic) bond motifs is 6. The lowest BCUT2D eigenvalue weighted by Gasteiger charge is -2.39. The zero-order chi connectivity index (χ0) is 31.1. The molecule has 14 heteroatoms. The van der Waals surface area contributed by atoms with Crippen molar-refractivity contribution < 1.29 is 68.2 Å². The van der Waals surface area contributed by atoms with E-state index in [2.05, 4.69) is 13.8 Å². The molecule has 4 aliphatic rings. The lowest BCUT2D eigenvalue weighted by atomic mass is 9.87. The maximum absolute atomic E-state index is 11.5. The Hall–Kier alpha value is -3.82. The number of aliphatic hydroxyl groups excluding tert-OH is 3. The number of carbonyl (C=O) groups is 2. The van der Waals surface area contributed by atoms with E-state index in [1.54, 1.807) is 12.1 Å². The number of carbonyl (C=O) groups excluding carboxylic acids is 1. The van der Waals surface area contributed by atoms with Gasteiger partial charge in [-0.1, -0.05) is 13.8 Å². The highest BCUT2D eigenvalue weighted by Crippen LogP contribution is 2.55. The summed E-state index contributed by atoms with van der Waals surface area (Å²) in [6.45, 7) is 4.19. The summed E-state index contributed by atoms with van der Waals surface area (Å²) in [5.41, 5.74) is 2.55. The molecular weight excluding hydrogens is 584 g/mol. The Kier molecular flexibility index (Phi) is 8.44. The van der Waals surface area contributed by atoms with E-state index in [1.165, 1.54) is 0 Å². The molecule has 0 amide bonds. The molecule has 6 rings (SSSR count). The largest absolute Gasteiger partial charge is 0.492 e. The van der Waals surface area contributed by atoms with E-state index in [1.807, 2.05) is 12.1 Å². The van der Waals surface area contributed by atoms with Crippen LogP contribution in [-0.2, 0) is 30.4 Å². The molecule has 0 spiro atoms. The fourth-order valence-corrected chi connectivity index (χ4v) is 5.71. The van der Waals surface area contributed by atoms with Gasteiger partial charge in [0.1, 0.15) is 48.9 Å². The fraction of sp³-hybridized carbons (Fsp3) is 0.533. The minimum atomic E-state index is -1.78. The first-order chi connectivity index (χ1) is 21.1. The summed E-state index contributed by atoms with van der Waals surface area (Å²) in [7, 11) is 0. The smallest absolute Gasteiger partial charge is 0.317 e. The van der Waals surface area contributed by atoms with Crippen molar-refractivity contribution in [3.63, 3.8) is 0 Å². The van der Waals surface area contributed by atoms with Gasteiger partial charge in [-0.15, -0.1) is 0 Å². The second-order valence-electron chi connectivity index (χ2n) is 11.6. The van der Waals surface area contributed by atoms with Crippen molar-refractivity contribution in [1.82, 2.24) is 0 Å². The zero-order valence-corrected chi connectivity index (χ0v) is 24.0. The first-order valence-electron chi connectivity index (χ1n) is 14.4. The van der Waals surface area contributed by atoms with Gasteiger partial charge in [-0.25, -0.2) is 0 Å². The highest BCUT2D eigenvalue weighted by Gasteiger charge is 2.47. The molecule has 2 aromatic rings. The molecule has 4 N–H and O–H groups in total. The van der Waals surface area contributed by atoms with E-state index in [-0.39, 0.29) is 18.5 Å². The Morgan fingerprint density at radius 2 is 1.75 bits per heavy atom. The summed E-state index contributed by atoms with van der Waals surface area (Å²) in [4.78, 5) is 33.2. The number of carboxylic acids is 1. The molecule has 4 heterocycles. The van der Waals surface area contributed by atoms with Gasteiger partial charge in [-0.2, -0.15) is 4.89 Å². The van der Waals surface area contributed by atoms with E-state index in [0.717, 1.165) is 23.1 Å². The third kappa shape index (κ3) is 5.95. The second-order valence-corrected chi connectivity index (χ2v) is 11.6. The van der Waals surface area contributed by atoms with Crippen LogP contribution in [0.3, 0.4) is 0 Å². The quantitative estimate of drug-likeness (QED) is 0.130. The number of aliphatic hydroxyl groups is 3. The van der Waals surface area contributed by atoms with Crippen LogP contribution < -0.4 is 23.8 Å². The van der Waals surface area contributed by atoms with Crippen LogP contribution in [0.4, 0.5) is 0 Å². The molecule has 0 bridgehead atoms. The van der Waals surface area contributed by atoms with Crippen molar-refractivity contribution in [2.45, 2.75) is 75.8 Å². The molecule has 0 saturated carbocycles. The third-order valence-electron chi connectivity index (χ3n) is 8.02. The summed E-state index contributed by atoms with van der Waals surface area (Å²) in [6.07, 6.45) is -7.73. The average Bonchev–Trinajstić information content (AvgIpc) is 3.59. The third-order valence-corrected chi connectivity index (χ3v) is 8.02. The Bertz CT molecular complexity index is 1410. The monoisotopic (exact) mass is 618 g/mol. The maximum Gasteiger partial charge on any atom is 0.317 e. The van der Waals surface area contributed by atoms with E-state index < -0.39 is 61.8 Å². The van der Waals surface area contributed by atoms with Crippen molar-refractivity contribution in [2.75, 3.05) is 20.0 Å². The van der Waals surface area contributed by atoms with Gasteiger partial charge in [0.25, 0.3) is 0 Å². The standard InChI is InChI=1S/C30H34O14/c1-13(2)3-4-14-5-15(43-44-29-26(35)25(34)22(42-30(29)36)11-37-24(33)9-23(31)32)6-17-27(14)38-10-18-16-7-20-21(40-12-39-20)8-19(16)41-28(17)18/h5-8,13,18,22,25-26,28-30,34-36H,3-4,9-12H2,1-2H3,(H,31,32)/t18-,22-,25-,26+,28-,29-,30-/m1/s1. The number of esters is 1. The minimum absolute atomic E-state index is 0.117.